The maximum atomic E-state index is 11.9. The zero-order chi connectivity index (χ0) is 24.9. The van der Waals surface area contributed by atoms with Crippen molar-refractivity contribution in [3.05, 3.63) is 34.9 Å². The third-order valence-corrected chi connectivity index (χ3v) is 11.8. The normalized spacial score (nSPS) is 48.1. The van der Waals surface area contributed by atoms with Crippen LogP contribution in [0.5, 0.6) is 0 Å². The van der Waals surface area contributed by atoms with Gasteiger partial charge in [-0.25, -0.2) is 4.79 Å². The summed E-state index contributed by atoms with van der Waals surface area (Å²) in [7, 11) is 0. The summed E-state index contributed by atoms with van der Waals surface area (Å²) in [6.45, 7) is 15.8. The molecule has 4 heteroatoms. The summed E-state index contributed by atoms with van der Waals surface area (Å²) in [5.74, 6) is -0.651. The topological polar surface area (TPSA) is 66.8 Å². The number of aliphatic hydroxyl groups is 2. The Morgan fingerprint density at radius 1 is 1.12 bits per heavy atom. The van der Waals surface area contributed by atoms with Crippen molar-refractivity contribution in [2.75, 3.05) is 0 Å². The highest BCUT2D eigenvalue weighted by Crippen LogP contribution is 2.70. The van der Waals surface area contributed by atoms with Gasteiger partial charge in [0, 0.05) is 12.0 Å². The zero-order valence-corrected chi connectivity index (χ0v) is 22.2. The van der Waals surface area contributed by atoms with Crippen LogP contribution in [0, 0.1) is 39.4 Å². The molecular formula is C30H44O4. The van der Waals surface area contributed by atoms with Gasteiger partial charge in [0.15, 0.2) is 0 Å². The minimum absolute atomic E-state index is 0.0135. The number of esters is 1. The molecule has 2 saturated carbocycles. The quantitative estimate of drug-likeness (QED) is 0.492. The second-order valence-corrected chi connectivity index (χ2v) is 13.7. The van der Waals surface area contributed by atoms with E-state index in [1.165, 1.54) is 12.0 Å². The van der Waals surface area contributed by atoms with E-state index in [0.29, 0.717) is 23.8 Å². The molecule has 0 spiro atoms. The van der Waals surface area contributed by atoms with Gasteiger partial charge in [-0.15, -0.1) is 0 Å². The van der Waals surface area contributed by atoms with Crippen molar-refractivity contribution in [2.24, 2.45) is 39.4 Å². The highest BCUT2D eigenvalue weighted by atomic mass is 16.7. The molecule has 1 aliphatic heterocycles. The molecule has 0 bridgehead atoms. The van der Waals surface area contributed by atoms with E-state index in [1.807, 2.05) is 0 Å². The predicted molar refractivity (Wildman–Crippen MR) is 134 cm³/mol. The lowest BCUT2D eigenvalue weighted by molar-refractivity contribution is -0.188. The highest BCUT2D eigenvalue weighted by molar-refractivity contribution is 5.90. The molecule has 0 radical (unpaired) electrons. The minimum atomic E-state index is -1.49. The molecular weight excluding hydrogens is 424 g/mol. The summed E-state index contributed by atoms with van der Waals surface area (Å²) >= 11 is 0. The van der Waals surface area contributed by atoms with Crippen LogP contribution in [-0.2, 0) is 9.53 Å². The number of hydrogen-bond donors (Lipinski definition) is 2. The van der Waals surface area contributed by atoms with E-state index >= 15 is 0 Å². The number of carbonyl (C=O) groups excluding carboxylic acids is 1. The van der Waals surface area contributed by atoms with Gasteiger partial charge in [-0.1, -0.05) is 53.7 Å². The molecule has 0 aromatic carbocycles. The van der Waals surface area contributed by atoms with E-state index < -0.39 is 11.8 Å². The van der Waals surface area contributed by atoms with Crippen LogP contribution in [0.1, 0.15) is 93.4 Å². The van der Waals surface area contributed by atoms with Gasteiger partial charge in [0.25, 0.3) is 0 Å². The first-order chi connectivity index (χ1) is 15.7. The molecule has 2 N–H and O–H groups in total. The van der Waals surface area contributed by atoms with Crippen molar-refractivity contribution >= 4 is 5.97 Å². The molecule has 34 heavy (non-hydrogen) atoms. The van der Waals surface area contributed by atoms with Crippen molar-refractivity contribution < 1.29 is 19.7 Å². The van der Waals surface area contributed by atoms with Crippen molar-refractivity contribution in [2.45, 2.75) is 105 Å². The minimum Gasteiger partial charge on any atom is -0.426 e. The van der Waals surface area contributed by atoms with Crippen LogP contribution in [-0.4, -0.2) is 28.1 Å². The van der Waals surface area contributed by atoms with Gasteiger partial charge in [0.05, 0.1) is 6.10 Å². The van der Waals surface area contributed by atoms with E-state index in [0.717, 1.165) is 32.1 Å². The molecule has 2 fully saturated rings. The summed E-state index contributed by atoms with van der Waals surface area (Å²) in [5.41, 5.74) is 3.80. The predicted octanol–water partition coefficient (Wildman–Crippen LogP) is 6.09. The second-order valence-electron chi connectivity index (χ2n) is 13.7. The molecule has 188 valence electrons. The molecule has 5 rings (SSSR count). The van der Waals surface area contributed by atoms with E-state index in [4.69, 9.17) is 4.74 Å². The Bertz CT molecular complexity index is 1000. The molecule has 4 nitrogen and oxygen atoms in total. The van der Waals surface area contributed by atoms with Gasteiger partial charge in [0.2, 0.25) is 5.79 Å². The monoisotopic (exact) mass is 468 g/mol. The van der Waals surface area contributed by atoms with Gasteiger partial charge in [0.1, 0.15) is 0 Å². The molecule has 4 aliphatic carbocycles. The summed E-state index contributed by atoms with van der Waals surface area (Å²) in [5, 5.41) is 21.8. The number of allylic oxidation sites excluding steroid dienone is 4. The van der Waals surface area contributed by atoms with Gasteiger partial charge in [-0.3, -0.25) is 0 Å². The van der Waals surface area contributed by atoms with Gasteiger partial charge in [-0.2, -0.15) is 0 Å². The van der Waals surface area contributed by atoms with Crippen LogP contribution in [0.25, 0.3) is 0 Å². The molecule has 0 amide bonds. The van der Waals surface area contributed by atoms with Crippen LogP contribution in [0.4, 0.5) is 0 Å². The number of cyclic esters (lactones) is 1. The Hall–Kier alpha value is -1.39. The first-order valence-electron chi connectivity index (χ1n) is 13.4. The SMILES string of the molecule is CC1=C[C@](O)(C[C@@H](C)[C@]2(C)CC=C3C4=CC[C@H]5C(C)(C)[C@H](O)CC[C@]5(C)[C@@H]4CC[C@]32C)OC1=O. The smallest absolute Gasteiger partial charge is 0.336 e. The number of aliphatic hydroxyl groups excluding tert-OH is 1. The molecule has 8 atom stereocenters. The van der Waals surface area contributed by atoms with Gasteiger partial charge in [-0.05, 0) is 102 Å². The molecule has 0 aromatic heterocycles. The average molecular weight is 469 g/mol. The number of rotatable bonds is 3. The second kappa shape index (κ2) is 7.32. The van der Waals surface area contributed by atoms with Crippen LogP contribution in [0.15, 0.2) is 34.9 Å². The fraction of sp³-hybridized carbons (Fsp3) is 0.767. The maximum Gasteiger partial charge on any atom is 0.336 e. The van der Waals surface area contributed by atoms with Gasteiger partial charge < -0.3 is 14.9 Å². The fourth-order valence-electron chi connectivity index (χ4n) is 9.13. The van der Waals surface area contributed by atoms with E-state index in [2.05, 4.69) is 53.7 Å². The highest BCUT2D eigenvalue weighted by Gasteiger charge is 2.62. The maximum absolute atomic E-state index is 11.9. The van der Waals surface area contributed by atoms with E-state index in [-0.39, 0.29) is 33.7 Å². The van der Waals surface area contributed by atoms with Gasteiger partial charge >= 0.3 is 5.97 Å². The third kappa shape index (κ3) is 3.06. The molecule has 0 aromatic rings. The molecule has 0 saturated heterocycles. The van der Waals surface area contributed by atoms with Crippen molar-refractivity contribution in [1.29, 1.82) is 0 Å². The Labute approximate surface area is 205 Å². The van der Waals surface area contributed by atoms with Crippen LogP contribution in [0.2, 0.25) is 0 Å². The largest absolute Gasteiger partial charge is 0.426 e. The number of hydrogen-bond acceptors (Lipinski definition) is 4. The van der Waals surface area contributed by atoms with Crippen molar-refractivity contribution in [3.63, 3.8) is 0 Å². The lowest BCUT2D eigenvalue weighted by Crippen LogP contribution is -2.56. The lowest BCUT2D eigenvalue weighted by Gasteiger charge is -2.62. The first kappa shape index (κ1) is 24.3. The Kier molecular flexibility index (Phi) is 5.23. The molecule has 5 aliphatic rings. The standard InChI is InChI=1S/C30H44O4/c1-18-16-30(33,34-25(18)32)17-19(2)28(6)14-11-22-20-8-9-23-26(3,4)24(31)12-13-27(23,5)21(20)10-15-29(22,28)7/h8,11,16,19,21,23-24,31,33H,9-10,12-15,17H2,1-7H3/t19-,21-,23+,24-,27-,28+,29-,30-/m1/s1. The first-order valence-corrected chi connectivity index (χ1v) is 13.4. The fourth-order valence-corrected chi connectivity index (χ4v) is 9.13. The zero-order valence-electron chi connectivity index (χ0n) is 22.2. The Morgan fingerprint density at radius 2 is 1.82 bits per heavy atom. The van der Waals surface area contributed by atoms with Crippen LogP contribution < -0.4 is 0 Å². The van der Waals surface area contributed by atoms with Crippen molar-refractivity contribution in [3.8, 4) is 0 Å². The summed E-state index contributed by atoms with van der Waals surface area (Å²) < 4.78 is 5.37. The number of fused-ring (bicyclic) bond motifs is 5. The Balaban J connectivity index is 1.44. The molecule has 0 unspecified atom stereocenters. The summed E-state index contributed by atoms with van der Waals surface area (Å²) in [6, 6.07) is 0. The number of ether oxygens (including phenoxy) is 1. The number of carbonyl (C=O) groups is 1. The third-order valence-electron chi connectivity index (χ3n) is 11.8. The average Bonchev–Trinajstić information content (AvgIpc) is 3.17. The Morgan fingerprint density at radius 3 is 2.47 bits per heavy atom. The summed E-state index contributed by atoms with van der Waals surface area (Å²) in [4.78, 5) is 11.9. The van der Waals surface area contributed by atoms with Crippen molar-refractivity contribution in [1.82, 2.24) is 0 Å². The summed E-state index contributed by atoms with van der Waals surface area (Å²) in [6.07, 6.45) is 13.2. The van der Waals surface area contributed by atoms with Crippen LogP contribution >= 0.6 is 0 Å². The lowest BCUT2D eigenvalue weighted by atomic mass is 9.43. The van der Waals surface area contributed by atoms with E-state index in [1.54, 1.807) is 18.6 Å². The van der Waals surface area contributed by atoms with Crippen LogP contribution in [0.3, 0.4) is 0 Å². The van der Waals surface area contributed by atoms with E-state index in [9.17, 15) is 15.0 Å². The molecule has 1 heterocycles.